The van der Waals surface area contributed by atoms with Gasteiger partial charge in [0.1, 0.15) is 11.8 Å². The van der Waals surface area contributed by atoms with Gasteiger partial charge in [-0.1, -0.05) is 0 Å². The maximum Gasteiger partial charge on any atom is 0.387 e. The second kappa shape index (κ2) is 10.0. The maximum absolute atomic E-state index is 12.6. The number of hydrogen-bond acceptors (Lipinski definition) is 5. The lowest BCUT2D eigenvalue weighted by atomic mass is 10.0. The van der Waals surface area contributed by atoms with Crippen LogP contribution >= 0.6 is 0 Å². The molecule has 2 rings (SSSR count). The molecule has 0 saturated carbocycles. The van der Waals surface area contributed by atoms with Crippen molar-refractivity contribution in [2.45, 2.75) is 25.5 Å². The first-order valence-electron chi connectivity index (χ1n) is 8.36. The first-order chi connectivity index (χ1) is 12.5. The number of methoxy groups -OCH3 is 1. The quantitative estimate of drug-likeness (QED) is 0.637. The van der Waals surface area contributed by atoms with Gasteiger partial charge in [0, 0.05) is 25.9 Å². The Balaban J connectivity index is 1.91. The fourth-order valence-electron chi connectivity index (χ4n) is 2.69. The maximum atomic E-state index is 12.6. The van der Waals surface area contributed by atoms with Gasteiger partial charge in [-0.05, 0) is 37.1 Å². The van der Waals surface area contributed by atoms with Gasteiger partial charge in [-0.3, -0.25) is 9.59 Å². The Morgan fingerprint density at radius 1 is 1.35 bits per heavy atom. The Morgan fingerprint density at radius 2 is 2.08 bits per heavy atom. The van der Waals surface area contributed by atoms with Crippen molar-refractivity contribution < 1.29 is 27.8 Å². The highest BCUT2D eigenvalue weighted by atomic mass is 19.3. The largest absolute Gasteiger partial charge is 0.435 e. The molecule has 0 radical (unpaired) electrons. The van der Waals surface area contributed by atoms with E-state index in [0.29, 0.717) is 31.8 Å². The molecule has 2 amide bonds. The highest BCUT2D eigenvalue weighted by molar-refractivity contribution is 6.00. The number of carbonyl (C=O) groups is 2. The van der Waals surface area contributed by atoms with E-state index in [1.807, 2.05) is 0 Å². The zero-order valence-corrected chi connectivity index (χ0v) is 14.5. The van der Waals surface area contributed by atoms with Crippen LogP contribution < -0.4 is 20.3 Å². The SMILES string of the molecule is COCCNCC(=O)NC1CCCN(c2ccc(OC(F)F)cc2)C1=O. The summed E-state index contributed by atoms with van der Waals surface area (Å²) in [6.45, 7) is -1.25. The average molecular weight is 371 g/mol. The lowest BCUT2D eigenvalue weighted by molar-refractivity contribution is -0.128. The van der Waals surface area contributed by atoms with Crippen molar-refractivity contribution in [2.24, 2.45) is 0 Å². The van der Waals surface area contributed by atoms with Crippen LogP contribution in [0.2, 0.25) is 0 Å². The first kappa shape index (κ1) is 20.1. The molecule has 1 heterocycles. The lowest BCUT2D eigenvalue weighted by Crippen LogP contribution is -2.53. The fourth-order valence-corrected chi connectivity index (χ4v) is 2.69. The summed E-state index contributed by atoms with van der Waals surface area (Å²) in [6.07, 6.45) is 1.29. The van der Waals surface area contributed by atoms with Crippen LogP contribution in [-0.4, -0.2) is 57.8 Å². The summed E-state index contributed by atoms with van der Waals surface area (Å²) in [6, 6.07) is 5.27. The molecule has 9 heteroatoms. The standard InChI is InChI=1S/C17H23F2N3O4/c1-25-10-8-20-11-15(23)21-14-3-2-9-22(16(14)24)12-4-6-13(7-5-12)26-17(18)19/h4-7,14,17,20H,2-3,8-11H2,1H3,(H,21,23). The third-order valence-electron chi connectivity index (χ3n) is 3.92. The molecule has 0 spiro atoms. The molecule has 0 bridgehead atoms. The first-order valence-corrected chi connectivity index (χ1v) is 8.36. The van der Waals surface area contributed by atoms with Gasteiger partial charge < -0.3 is 25.0 Å². The number of amides is 2. The van der Waals surface area contributed by atoms with Crippen LogP contribution in [0, 0.1) is 0 Å². The van der Waals surface area contributed by atoms with Crippen molar-refractivity contribution in [3.63, 3.8) is 0 Å². The van der Waals surface area contributed by atoms with Crippen LogP contribution in [0.15, 0.2) is 24.3 Å². The Morgan fingerprint density at radius 3 is 2.73 bits per heavy atom. The van der Waals surface area contributed by atoms with E-state index in [2.05, 4.69) is 15.4 Å². The average Bonchev–Trinajstić information content (AvgIpc) is 2.61. The minimum atomic E-state index is -2.89. The van der Waals surface area contributed by atoms with Crippen molar-refractivity contribution >= 4 is 17.5 Å². The van der Waals surface area contributed by atoms with E-state index in [4.69, 9.17) is 4.74 Å². The van der Waals surface area contributed by atoms with Crippen molar-refractivity contribution in [3.05, 3.63) is 24.3 Å². The predicted molar refractivity (Wildman–Crippen MR) is 91.3 cm³/mol. The van der Waals surface area contributed by atoms with Crippen LogP contribution in [-0.2, 0) is 14.3 Å². The van der Waals surface area contributed by atoms with Crippen molar-refractivity contribution in [1.29, 1.82) is 0 Å². The van der Waals surface area contributed by atoms with Crippen LogP contribution in [0.1, 0.15) is 12.8 Å². The molecule has 0 aliphatic carbocycles. The van der Waals surface area contributed by atoms with Gasteiger partial charge in [-0.2, -0.15) is 8.78 Å². The zero-order valence-electron chi connectivity index (χ0n) is 14.5. The fraction of sp³-hybridized carbons (Fsp3) is 0.529. The van der Waals surface area contributed by atoms with Gasteiger partial charge >= 0.3 is 6.61 Å². The zero-order chi connectivity index (χ0) is 18.9. The molecule has 1 aliphatic heterocycles. The van der Waals surface area contributed by atoms with E-state index in [-0.39, 0.29) is 24.1 Å². The number of anilines is 1. The number of hydrogen-bond donors (Lipinski definition) is 2. The number of halogens is 2. The minimum absolute atomic E-state index is 0.0280. The van der Waals surface area contributed by atoms with E-state index in [1.165, 1.54) is 12.1 Å². The summed E-state index contributed by atoms with van der Waals surface area (Å²) < 4.78 is 33.6. The monoisotopic (exact) mass is 371 g/mol. The smallest absolute Gasteiger partial charge is 0.387 e. The van der Waals surface area contributed by atoms with E-state index in [9.17, 15) is 18.4 Å². The summed E-state index contributed by atoms with van der Waals surface area (Å²) in [5.41, 5.74) is 0.578. The second-order valence-corrected chi connectivity index (χ2v) is 5.79. The van der Waals surface area contributed by atoms with Crippen LogP contribution in [0.25, 0.3) is 0 Å². The Hall–Kier alpha value is -2.26. The van der Waals surface area contributed by atoms with E-state index in [0.717, 1.165) is 6.42 Å². The number of carbonyl (C=O) groups excluding carboxylic acids is 2. The highest BCUT2D eigenvalue weighted by Crippen LogP contribution is 2.24. The lowest BCUT2D eigenvalue weighted by Gasteiger charge is -2.32. The van der Waals surface area contributed by atoms with Crippen LogP contribution in [0.3, 0.4) is 0 Å². The van der Waals surface area contributed by atoms with Crippen LogP contribution in [0.4, 0.5) is 14.5 Å². The van der Waals surface area contributed by atoms with Crippen molar-refractivity contribution in [1.82, 2.24) is 10.6 Å². The molecular formula is C17H23F2N3O4. The molecular weight excluding hydrogens is 348 g/mol. The number of rotatable bonds is 9. The summed E-state index contributed by atoms with van der Waals surface area (Å²) >= 11 is 0. The summed E-state index contributed by atoms with van der Waals surface area (Å²) in [7, 11) is 1.57. The number of benzene rings is 1. The molecule has 1 aromatic rings. The third kappa shape index (κ3) is 5.92. The van der Waals surface area contributed by atoms with Gasteiger partial charge in [0.05, 0.1) is 13.2 Å². The van der Waals surface area contributed by atoms with Gasteiger partial charge in [0.25, 0.3) is 0 Å². The molecule has 1 atom stereocenters. The van der Waals surface area contributed by atoms with Crippen molar-refractivity contribution in [2.75, 3.05) is 38.3 Å². The molecule has 1 aliphatic rings. The second-order valence-electron chi connectivity index (χ2n) is 5.79. The van der Waals surface area contributed by atoms with E-state index < -0.39 is 12.7 Å². The predicted octanol–water partition coefficient (Wildman–Crippen LogP) is 1.14. The molecule has 26 heavy (non-hydrogen) atoms. The molecule has 1 aromatic carbocycles. The number of alkyl halides is 2. The molecule has 144 valence electrons. The molecule has 1 unspecified atom stereocenters. The third-order valence-corrected chi connectivity index (χ3v) is 3.92. The number of nitrogens with one attached hydrogen (secondary N) is 2. The summed E-state index contributed by atoms with van der Waals surface area (Å²) in [4.78, 5) is 26.1. The minimum Gasteiger partial charge on any atom is -0.435 e. The van der Waals surface area contributed by atoms with Gasteiger partial charge in [0.2, 0.25) is 11.8 Å². The van der Waals surface area contributed by atoms with E-state index >= 15 is 0 Å². The molecule has 1 saturated heterocycles. The Kier molecular flexibility index (Phi) is 7.73. The summed E-state index contributed by atoms with van der Waals surface area (Å²) in [5.74, 6) is -0.453. The Labute approximate surface area is 150 Å². The molecule has 1 fully saturated rings. The Bertz CT molecular complexity index is 598. The van der Waals surface area contributed by atoms with Crippen LogP contribution in [0.5, 0.6) is 5.75 Å². The highest BCUT2D eigenvalue weighted by Gasteiger charge is 2.30. The van der Waals surface area contributed by atoms with Gasteiger partial charge in [-0.15, -0.1) is 0 Å². The molecule has 7 nitrogen and oxygen atoms in total. The normalized spacial score (nSPS) is 17.5. The molecule has 0 aromatic heterocycles. The van der Waals surface area contributed by atoms with Gasteiger partial charge in [0.15, 0.2) is 0 Å². The van der Waals surface area contributed by atoms with Crippen molar-refractivity contribution in [3.8, 4) is 5.75 Å². The number of nitrogens with zero attached hydrogens (tertiary/aromatic N) is 1. The molecule has 2 N–H and O–H groups in total. The number of ether oxygens (including phenoxy) is 2. The summed E-state index contributed by atoms with van der Waals surface area (Å²) in [5, 5.41) is 5.64. The van der Waals surface area contributed by atoms with E-state index in [1.54, 1.807) is 24.1 Å². The van der Waals surface area contributed by atoms with Gasteiger partial charge in [-0.25, -0.2) is 0 Å². The number of piperidine rings is 1. The topological polar surface area (TPSA) is 79.9 Å².